The number of benzene rings is 2. The van der Waals surface area contributed by atoms with Gasteiger partial charge in [-0.25, -0.2) is 23.1 Å². The number of hydrogen-bond acceptors (Lipinski definition) is 6. The van der Waals surface area contributed by atoms with Crippen molar-refractivity contribution in [3.63, 3.8) is 0 Å². The molecule has 4 rings (SSSR count). The highest BCUT2D eigenvalue weighted by molar-refractivity contribution is 6.33. The average Bonchev–Trinajstić information content (AvgIpc) is 3.36. The quantitative estimate of drug-likeness (QED) is 0.169. The third-order valence-corrected chi connectivity index (χ3v) is 5.99. The van der Waals surface area contributed by atoms with Crippen LogP contribution in [0.15, 0.2) is 48.7 Å². The number of halogens is 4. The summed E-state index contributed by atoms with van der Waals surface area (Å²) in [6.45, 7) is 3.90. The first-order valence-electron chi connectivity index (χ1n) is 12.0. The van der Waals surface area contributed by atoms with Crippen LogP contribution in [0, 0.1) is 17.5 Å². The summed E-state index contributed by atoms with van der Waals surface area (Å²) in [6, 6.07) is 10.4. The van der Waals surface area contributed by atoms with Crippen LogP contribution in [0.3, 0.4) is 0 Å². The molecule has 0 spiro atoms. The molecule has 0 saturated heterocycles. The second kappa shape index (κ2) is 11.8. The number of carbonyl (C=O) groups excluding carboxylic acids is 1. The number of aliphatic hydroxyl groups is 1. The maximum atomic E-state index is 14.0. The zero-order valence-corrected chi connectivity index (χ0v) is 21.8. The Morgan fingerprint density at radius 3 is 2.69 bits per heavy atom. The van der Waals surface area contributed by atoms with Gasteiger partial charge >= 0.3 is 0 Å². The first kappa shape index (κ1) is 28.1. The molecule has 4 aromatic rings. The molecule has 0 bridgehead atoms. The third kappa shape index (κ3) is 7.33. The van der Waals surface area contributed by atoms with Gasteiger partial charge in [0.25, 0.3) is 5.91 Å². The van der Waals surface area contributed by atoms with Gasteiger partial charge in [-0.05, 0) is 74.2 Å². The molecule has 0 aliphatic carbocycles. The van der Waals surface area contributed by atoms with Gasteiger partial charge in [-0.1, -0.05) is 17.7 Å². The molecule has 8 nitrogen and oxygen atoms in total. The molecule has 2 heterocycles. The fourth-order valence-corrected chi connectivity index (χ4v) is 3.93. The molecular formula is C27H25ClF3N5O3. The minimum absolute atomic E-state index is 0.0814. The van der Waals surface area contributed by atoms with Crippen molar-refractivity contribution in [1.29, 1.82) is 0 Å². The number of ether oxygens (including phenoxy) is 1. The first-order chi connectivity index (χ1) is 18.5. The molecule has 39 heavy (non-hydrogen) atoms. The molecule has 0 aliphatic heterocycles. The van der Waals surface area contributed by atoms with E-state index in [0.29, 0.717) is 41.3 Å². The summed E-state index contributed by atoms with van der Waals surface area (Å²) < 4.78 is 46.4. The number of aromatic amines is 1. The van der Waals surface area contributed by atoms with E-state index in [0.717, 1.165) is 12.1 Å². The van der Waals surface area contributed by atoms with Crippen molar-refractivity contribution in [2.45, 2.75) is 38.7 Å². The van der Waals surface area contributed by atoms with E-state index in [1.807, 2.05) is 0 Å². The maximum Gasteiger partial charge on any atom is 0.296 e. The molecule has 2 aromatic carbocycles. The summed E-state index contributed by atoms with van der Waals surface area (Å²) in [5.41, 5.74) is 0.408. The monoisotopic (exact) mass is 559 g/mol. The van der Waals surface area contributed by atoms with Crippen LogP contribution >= 0.6 is 11.6 Å². The lowest BCUT2D eigenvalue weighted by molar-refractivity contribution is 0.0641. The Labute approximate surface area is 227 Å². The number of pyridine rings is 1. The molecule has 204 valence electrons. The molecule has 0 unspecified atom stereocenters. The maximum absolute atomic E-state index is 14.0. The molecule has 2 aromatic heterocycles. The molecule has 0 atom stereocenters. The first-order valence-corrected chi connectivity index (χ1v) is 12.3. The standard InChI is InChI=1S/C27H25ClF3N5O3/c1-27(2,38)9-3-11-39-17-5-6-19(28)18(14-17)15-8-10-32-21(12-15)34-26(37)25-33-22(35-36-25)13-16-4-7-20(29)24(31)23(16)30/h4-8,10,12,14,38H,3,9,11,13H2,1-2H3,(H,32,34,37)(H,33,35,36). The van der Waals surface area contributed by atoms with Crippen LogP contribution in [0.5, 0.6) is 5.75 Å². The molecule has 0 radical (unpaired) electrons. The number of rotatable bonds is 10. The number of nitrogens with zero attached hydrogens (tertiary/aromatic N) is 3. The Balaban J connectivity index is 1.43. The lowest BCUT2D eigenvalue weighted by atomic mass is 10.0. The van der Waals surface area contributed by atoms with Gasteiger partial charge in [-0.2, -0.15) is 0 Å². The zero-order chi connectivity index (χ0) is 28.2. The van der Waals surface area contributed by atoms with Crippen LogP contribution in [0.25, 0.3) is 11.1 Å². The Bertz CT molecular complexity index is 1490. The molecule has 1 amide bonds. The molecule has 0 aliphatic rings. The molecule has 12 heteroatoms. The zero-order valence-electron chi connectivity index (χ0n) is 21.1. The van der Waals surface area contributed by atoms with E-state index in [1.54, 1.807) is 44.2 Å². The van der Waals surface area contributed by atoms with Crippen LogP contribution < -0.4 is 10.1 Å². The highest BCUT2D eigenvalue weighted by Crippen LogP contribution is 2.32. The van der Waals surface area contributed by atoms with E-state index in [1.165, 1.54) is 6.20 Å². The van der Waals surface area contributed by atoms with E-state index in [-0.39, 0.29) is 29.5 Å². The van der Waals surface area contributed by atoms with Gasteiger partial charge in [0, 0.05) is 23.2 Å². The normalized spacial score (nSPS) is 11.5. The Morgan fingerprint density at radius 1 is 1.13 bits per heavy atom. The summed E-state index contributed by atoms with van der Waals surface area (Å²) in [5, 5.41) is 19.2. The van der Waals surface area contributed by atoms with Gasteiger partial charge in [-0.3, -0.25) is 9.89 Å². The van der Waals surface area contributed by atoms with E-state index in [4.69, 9.17) is 16.3 Å². The summed E-state index contributed by atoms with van der Waals surface area (Å²) in [6.07, 6.45) is 2.53. The Kier molecular flexibility index (Phi) is 8.51. The van der Waals surface area contributed by atoms with Crippen LogP contribution in [0.1, 0.15) is 48.7 Å². The largest absolute Gasteiger partial charge is 0.494 e. The summed E-state index contributed by atoms with van der Waals surface area (Å²) in [7, 11) is 0. The lowest BCUT2D eigenvalue weighted by Crippen LogP contribution is -2.19. The third-order valence-electron chi connectivity index (χ3n) is 5.66. The van der Waals surface area contributed by atoms with Crippen molar-refractivity contribution in [3.05, 3.63) is 88.3 Å². The number of hydrogen-bond donors (Lipinski definition) is 3. The van der Waals surface area contributed by atoms with Crippen LogP contribution in [-0.2, 0) is 6.42 Å². The van der Waals surface area contributed by atoms with Gasteiger partial charge in [0.2, 0.25) is 5.82 Å². The highest BCUT2D eigenvalue weighted by atomic mass is 35.5. The van der Waals surface area contributed by atoms with Crippen LogP contribution in [-0.4, -0.2) is 43.4 Å². The van der Waals surface area contributed by atoms with E-state index >= 15 is 0 Å². The summed E-state index contributed by atoms with van der Waals surface area (Å²) in [4.78, 5) is 20.8. The predicted molar refractivity (Wildman–Crippen MR) is 139 cm³/mol. The summed E-state index contributed by atoms with van der Waals surface area (Å²) >= 11 is 6.41. The van der Waals surface area contributed by atoms with Gasteiger partial charge in [0.1, 0.15) is 17.4 Å². The lowest BCUT2D eigenvalue weighted by Gasteiger charge is -2.17. The minimum atomic E-state index is -1.58. The molecule has 3 N–H and O–H groups in total. The average molecular weight is 560 g/mol. The number of anilines is 1. The molecule has 0 saturated carbocycles. The van der Waals surface area contributed by atoms with Crippen molar-refractivity contribution in [1.82, 2.24) is 20.2 Å². The van der Waals surface area contributed by atoms with Crippen molar-refractivity contribution in [2.75, 3.05) is 11.9 Å². The molecule has 0 fully saturated rings. The number of H-pyrrole nitrogens is 1. The van der Waals surface area contributed by atoms with Crippen LogP contribution in [0.2, 0.25) is 5.02 Å². The van der Waals surface area contributed by atoms with E-state index < -0.39 is 29.0 Å². The van der Waals surface area contributed by atoms with Crippen molar-refractivity contribution < 1.29 is 27.8 Å². The molecular weight excluding hydrogens is 535 g/mol. The topological polar surface area (TPSA) is 113 Å². The summed E-state index contributed by atoms with van der Waals surface area (Å²) in [5.74, 6) is -4.28. The second-order valence-electron chi connectivity index (χ2n) is 9.41. The smallest absolute Gasteiger partial charge is 0.296 e. The Hall–Kier alpha value is -3.96. The Morgan fingerprint density at radius 2 is 1.92 bits per heavy atom. The van der Waals surface area contributed by atoms with Gasteiger partial charge in [0.15, 0.2) is 17.5 Å². The van der Waals surface area contributed by atoms with E-state index in [9.17, 15) is 23.1 Å². The van der Waals surface area contributed by atoms with E-state index in [2.05, 4.69) is 25.5 Å². The van der Waals surface area contributed by atoms with Gasteiger partial charge in [0.05, 0.1) is 12.2 Å². The number of carbonyl (C=O) groups is 1. The number of amides is 1. The van der Waals surface area contributed by atoms with Gasteiger partial charge < -0.3 is 15.2 Å². The number of aromatic nitrogens is 4. The van der Waals surface area contributed by atoms with Crippen molar-refractivity contribution >= 4 is 23.3 Å². The van der Waals surface area contributed by atoms with Crippen molar-refractivity contribution in [2.24, 2.45) is 0 Å². The predicted octanol–water partition coefficient (Wildman–Crippen LogP) is 5.71. The fraction of sp³-hybridized carbons (Fsp3) is 0.259. The fourth-order valence-electron chi connectivity index (χ4n) is 3.71. The van der Waals surface area contributed by atoms with Gasteiger partial charge in [-0.15, -0.1) is 5.10 Å². The van der Waals surface area contributed by atoms with Crippen LogP contribution in [0.4, 0.5) is 19.0 Å². The SMILES string of the molecule is CC(C)(O)CCCOc1ccc(Cl)c(-c2ccnc(NC(=O)c3n[nH]c(Cc4ccc(F)c(F)c4F)n3)c2)c1. The minimum Gasteiger partial charge on any atom is -0.494 e. The van der Waals surface area contributed by atoms with Crippen molar-refractivity contribution in [3.8, 4) is 16.9 Å². The highest BCUT2D eigenvalue weighted by Gasteiger charge is 2.18. The second-order valence-corrected chi connectivity index (χ2v) is 9.81. The number of nitrogens with one attached hydrogen (secondary N) is 2.